The molecule has 1 aliphatic carbocycles. The molecule has 0 bridgehead atoms. The summed E-state index contributed by atoms with van der Waals surface area (Å²) in [6, 6.07) is 10.7. The number of hydrogen-bond acceptors (Lipinski definition) is 4. The molecule has 154 valence electrons. The summed E-state index contributed by atoms with van der Waals surface area (Å²) in [5, 5.41) is 3.13. The Morgan fingerprint density at radius 3 is 2.48 bits per heavy atom. The molecule has 1 amide bonds. The zero-order chi connectivity index (χ0) is 20.4. The third-order valence-electron chi connectivity index (χ3n) is 5.83. The van der Waals surface area contributed by atoms with Crippen LogP contribution in [0.15, 0.2) is 36.4 Å². The van der Waals surface area contributed by atoms with Crippen LogP contribution in [0.2, 0.25) is 0 Å². The minimum Gasteiger partial charge on any atom is -0.493 e. The van der Waals surface area contributed by atoms with E-state index in [1.807, 2.05) is 24.3 Å². The lowest BCUT2D eigenvalue weighted by Crippen LogP contribution is -2.42. The third kappa shape index (κ3) is 4.37. The molecule has 0 saturated heterocycles. The van der Waals surface area contributed by atoms with E-state index in [0.717, 1.165) is 42.7 Å². The Labute approximate surface area is 170 Å². The number of nitrogens with one attached hydrogen (secondary N) is 1. The summed E-state index contributed by atoms with van der Waals surface area (Å²) in [5.41, 5.74) is 3.41. The van der Waals surface area contributed by atoms with Gasteiger partial charge < -0.3 is 14.8 Å². The fraction of sp³-hybridized carbons (Fsp3) is 0.435. The first kappa shape index (κ1) is 19.7. The van der Waals surface area contributed by atoms with Crippen LogP contribution in [0.25, 0.3) is 0 Å². The monoisotopic (exact) mass is 398 g/mol. The molecule has 2 aliphatic rings. The van der Waals surface area contributed by atoms with Crippen LogP contribution in [0.5, 0.6) is 11.5 Å². The first-order valence-corrected chi connectivity index (χ1v) is 10.1. The van der Waals surface area contributed by atoms with Crippen molar-refractivity contribution in [3.05, 3.63) is 58.9 Å². The van der Waals surface area contributed by atoms with E-state index in [9.17, 15) is 9.18 Å². The van der Waals surface area contributed by atoms with E-state index in [1.165, 1.54) is 17.7 Å². The normalized spacial score (nSPS) is 18.8. The Kier molecular flexibility index (Phi) is 5.72. The SMILES string of the molecule is COc1cc2c(cc1OC)[C@H](CNC(=O)C1CC1)N(Cc1ccc(F)cc1)CC2. The first-order valence-electron chi connectivity index (χ1n) is 10.1. The smallest absolute Gasteiger partial charge is 0.223 e. The van der Waals surface area contributed by atoms with Crippen molar-refractivity contribution in [1.29, 1.82) is 0 Å². The maximum atomic E-state index is 13.3. The zero-order valence-electron chi connectivity index (χ0n) is 16.9. The van der Waals surface area contributed by atoms with Crippen LogP contribution >= 0.6 is 0 Å². The van der Waals surface area contributed by atoms with Crippen LogP contribution in [0.3, 0.4) is 0 Å². The number of methoxy groups -OCH3 is 2. The molecular formula is C23H27FN2O3. The fourth-order valence-corrected chi connectivity index (χ4v) is 4.02. The highest BCUT2D eigenvalue weighted by atomic mass is 19.1. The molecule has 0 radical (unpaired) electrons. The Balaban J connectivity index is 1.61. The highest BCUT2D eigenvalue weighted by Gasteiger charge is 2.33. The largest absolute Gasteiger partial charge is 0.493 e. The standard InChI is InChI=1S/C23H27FN2O3/c1-28-21-11-17-9-10-26(14-15-3-7-18(24)8-4-15)20(19(17)12-22(21)29-2)13-25-23(27)16-5-6-16/h3-4,7-8,11-12,16,20H,5-6,9-10,13-14H2,1-2H3,(H,25,27)/t20-/m0/s1. The van der Waals surface area contributed by atoms with Gasteiger partial charge in [-0.05, 0) is 60.2 Å². The summed E-state index contributed by atoms with van der Waals surface area (Å²) in [4.78, 5) is 14.6. The topological polar surface area (TPSA) is 50.8 Å². The van der Waals surface area contributed by atoms with Gasteiger partial charge in [0.2, 0.25) is 5.91 Å². The van der Waals surface area contributed by atoms with Crippen LogP contribution in [-0.4, -0.2) is 38.1 Å². The van der Waals surface area contributed by atoms with Gasteiger partial charge in [0.05, 0.1) is 20.3 Å². The van der Waals surface area contributed by atoms with Crippen LogP contribution in [0, 0.1) is 11.7 Å². The van der Waals surface area contributed by atoms with Crippen molar-refractivity contribution in [2.24, 2.45) is 5.92 Å². The summed E-state index contributed by atoms with van der Waals surface area (Å²) >= 11 is 0. The number of amides is 1. The molecule has 1 aliphatic heterocycles. The Hall–Kier alpha value is -2.60. The van der Waals surface area contributed by atoms with Crippen molar-refractivity contribution in [2.75, 3.05) is 27.3 Å². The second-order valence-electron chi connectivity index (χ2n) is 7.79. The van der Waals surface area contributed by atoms with Crippen molar-refractivity contribution >= 4 is 5.91 Å². The highest BCUT2D eigenvalue weighted by Crippen LogP contribution is 2.38. The molecule has 29 heavy (non-hydrogen) atoms. The molecule has 1 atom stereocenters. The van der Waals surface area contributed by atoms with Gasteiger partial charge in [-0.2, -0.15) is 0 Å². The summed E-state index contributed by atoms with van der Waals surface area (Å²) < 4.78 is 24.3. The predicted molar refractivity (Wildman–Crippen MR) is 109 cm³/mol. The van der Waals surface area contributed by atoms with Gasteiger partial charge in [-0.3, -0.25) is 9.69 Å². The maximum Gasteiger partial charge on any atom is 0.223 e. The molecule has 0 unspecified atom stereocenters. The number of benzene rings is 2. The van der Waals surface area contributed by atoms with Gasteiger partial charge in [-0.25, -0.2) is 4.39 Å². The molecule has 4 rings (SSSR count). The number of halogens is 1. The summed E-state index contributed by atoms with van der Waals surface area (Å²) in [6.07, 6.45) is 2.85. The molecule has 1 saturated carbocycles. The van der Waals surface area contributed by atoms with Gasteiger partial charge in [0.15, 0.2) is 11.5 Å². The van der Waals surface area contributed by atoms with E-state index in [0.29, 0.717) is 18.8 Å². The van der Waals surface area contributed by atoms with Crippen molar-refractivity contribution in [2.45, 2.75) is 31.8 Å². The van der Waals surface area contributed by atoms with Crippen LogP contribution in [0.1, 0.15) is 35.6 Å². The third-order valence-corrected chi connectivity index (χ3v) is 5.83. The molecule has 0 spiro atoms. The fourth-order valence-electron chi connectivity index (χ4n) is 4.02. The molecule has 0 aromatic heterocycles. The second-order valence-corrected chi connectivity index (χ2v) is 7.79. The van der Waals surface area contributed by atoms with Gasteiger partial charge in [0.25, 0.3) is 0 Å². The van der Waals surface area contributed by atoms with Gasteiger partial charge in [-0.1, -0.05) is 12.1 Å². The number of nitrogens with zero attached hydrogens (tertiary/aromatic N) is 1. The van der Waals surface area contributed by atoms with E-state index in [1.54, 1.807) is 14.2 Å². The Morgan fingerprint density at radius 2 is 1.83 bits per heavy atom. The number of ether oxygens (including phenoxy) is 2. The van der Waals surface area contributed by atoms with Crippen LogP contribution in [-0.2, 0) is 17.8 Å². The van der Waals surface area contributed by atoms with Gasteiger partial charge in [-0.15, -0.1) is 0 Å². The first-order chi connectivity index (χ1) is 14.1. The minimum absolute atomic E-state index is 0.0197. The molecule has 1 fully saturated rings. The van der Waals surface area contributed by atoms with Gasteiger partial charge in [0, 0.05) is 25.6 Å². The van der Waals surface area contributed by atoms with Gasteiger partial charge in [0.1, 0.15) is 5.82 Å². The minimum atomic E-state index is -0.234. The molecule has 5 nitrogen and oxygen atoms in total. The number of fused-ring (bicyclic) bond motifs is 1. The number of carbonyl (C=O) groups is 1. The van der Waals surface area contributed by atoms with Crippen LogP contribution < -0.4 is 14.8 Å². The molecule has 2 aromatic carbocycles. The van der Waals surface area contributed by atoms with Crippen LogP contribution in [0.4, 0.5) is 4.39 Å². The Bertz CT molecular complexity index is 880. The summed E-state index contributed by atoms with van der Waals surface area (Å²) in [5.74, 6) is 1.49. The van der Waals surface area contributed by atoms with Crippen molar-refractivity contribution < 1.29 is 18.7 Å². The Morgan fingerprint density at radius 1 is 1.14 bits per heavy atom. The van der Waals surface area contributed by atoms with E-state index in [4.69, 9.17) is 9.47 Å². The predicted octanol–water partition coefficient (Wildman–Crippen LogP) is 3.47. The lowest BCUT2D eigenvalue weighted by atomic mass is 9.91. The highest BCUT2D eigenvalue weighted by molar-refractivity contribution is 5.80. The maximum absolute atomic E-state index is 13.3. The molecule has 1 N–H and O–H groups in total. The van der Waals surface area contributed by atoms with E-state index in [-0.39, 0.29) is 23.7 Å². The van der Waals surface area contributed by atoms with E-state index >= 15 is 0 Å². The van der Waals surface area contributed by atoms with Crippen molar-refractivity contribution in [3.63, 3.8) is 0 Å². The molecule has 6 heteroatoms. The number of carbonyl (C=O) groups excluding carboxylic acids is 1. The molecule has 2 aromatic rings. The van der Waals surface area contributed by atoms with E-state index < -0.39 is 0 Å². The molecule has 1 heterocycles. The average molecular weight is 398 g/mol. The van der Waals surface area contributed by atoms with E-state index in [2.05, 4.69) is 10.2 Å². The van der Waals surface area contributed by atoms with Crippen molar-refractivity contribution in [3.8, 4) is 11.5 Å². The molecular weight excluding hydrogens is 371 g/mol. The van der Waals surface area contributed by atoms with Gasteiger partial charge >= 0.3 is 0 Å². The second kappa shape index (κ2) is 8.41. The number of rotatable bonds is 7. The lowest BCUT2D eigenvalue weighted by Gasteiger charge is -2.38. The zero-order valence-corrected chi connectivity index (χ0v) is 16.9. The van der Waals surface area contributed by atoms with Crippen molar-refractivity contribution in [1.82, 2.24) is 10.2 Å². The lowest BCUT2D eigenvalue weighted by molar-refractivity contribution is -0.122. The number of hydrogen-bond donors (Lipinski definition) is 1. The average Bonchev–Trinajstić information content (AvgIpc) is 3.58. The summed E-state index contributed by atoms with van der Waals surface area (Å²) in [6.45, 7) is 2.08. The summed E-state index contributed by atoms with van der Waals surface area (Å²) in [7, 11) is 3.27. The quantitative estimate of drug-likeness (QED) is 0.776.